The van der Waals surface area contributed by atoms with Gasteiger partial charge in [0.25, 0.3) is 10.0 Å². The van der Waals surface area contributed by atoms with Crippen molar-refractivity contribution < 1.29 is 8.42 Å². The second-order valence-electron chi connectivity index (χ2n) is 3.58. The van der Waals surface area contributed by atoms with Crippen molar-refractivity contribution in [1.82, 2.24) is 4.83 Å². The SMILES string of the molecule is CC(=NNS(=O)(=O)c1ccccc1)c1cccs1. The lowest BCUT2D eigenvalue weighted by atomic mass is 10.3. The van der Waals surface area contributed by atoms with E-state index in [0.717, 1.165) is 4.88 Å². The average molecular weight is 280 g/mol. The quantitative estimate of drug-likeness (QED) is 0.691. The molecule has 1 heterocycles. The first-order valence-corrected chi connectivity index (χ1v) is 7.61. The third-order valence-electron chi connectivity index (χ3n) is 2.26. The number of hydrogen-bond acceptors (Lipinski definition) is 4. The van der Waals surface area contributed by atoms with Crippen LogP contribution in [0.15, 0.2) is 57.8 Å². The Kier molecular flexibility index (Phi) is 3.78. The van der Waals surface area contributed by atoms with E-state index in [1.807, 2.05) is 17.5 Å². The summed E-state index contributed by atoms with van der Waals surface area (Å²) in [5.74, 6) is 0. The molecule has 0 aliphatic carbocycles. The van der Waals surface area contributed by atoms with Crippen molar-refractivity contribution in [2.45, 2.75) is 11.8 Å². The second kappa shape index (κ2) is 5.32. The van der Waals surface area contributed by atoms with Crippen LogP contribution in [0.25, 0.3) is 0 Å². The van der Waals surface area contributed by atoms with Gasteiger partial charge >= 0.3 is 0 Å². The fourth-order valence-corrected chi connectivity index (χ4v) is 2.88. The number of sulfonamides is 1. The summed E-state index contributed by atoms with van der Waals surface area (Å²) in [5.41, 5.74) is 0.643. The third-order valence-corrected chi connectivity index (χ3v) is 4.47. The molecule has 0 aliphatic heterocycles. The van der Waals surface area contributed by atoms with Gasteiger partial charge in [-0.2, -0.15) is 18.4 Å². The maximum atomic E-state index is 11.9. The van der Waals surface area contributed by atoms with Gasteiger partial charge in [0.1, 0.15) is 0 Å². The van der Waals surface area contributed by atoms with E-state index in [1.54, 1.807) is 25.1 Å². The Bertz CT molecular complexity index is 632. The molecule has 1 aromatic heterocycles. The Morgan fingerprint density at radius 2 is 1.89 bits per heavy atom. The molecule has 18 heavy (non-hydrogen) atoms. The van der Waals surface area contributed by atoms with Crippen LogP contribution < -0.4 is 4.83 Å². The van der Waals surface area contributed by atoms with E-state index in [9.17, 15) is 8.42 Å². The number of hydrazone groups is 1. The van der Waals surface area contributed by atoms with Crippen LogP contribution in [-0.4, -0.2) is 14.1 Å². The molecule has 0 bridgehead atoms. The Labute approximate surface area is 110 Å². The van der Waals surface area contributed by atoms with Gasteiger partial charge in [-0.25, -0.2) is 0 Å². The minimum absolute atomic E-state index is 0.202. The molecule has 0 saturated heterocycles. The van der Waals surface area contributed by atoms with Crippen molar-refractivity contribution in [3.05, 3.63) is 52.7 Å². The maximum absolute atomic E-state index is 11.9. The number of hydrogen-bond donors (Lipinski definition) is 1. The highest BCUT2D eigenvalue weighted by molar-refractivity contribution is 7.89. The Balaban J connectivity index is 2.18. The molecule has 4 nitrogen and oxygen atoms in total. The molecular formula is C12H12N2O2S2. The summed E-state index contributed by atoms with van der Waals surface area (Å²) >= 11 is 1.51. The largest absolute Gasteiger partial charge is 0.276 e. The van der Waals surface area contributed by atoms with E-state index in [0.29, 0.717) is 5.71 Å². The Hall–Kier alpha value is -1.66. The van der Waals surface area contributed by atoms with E-state index < -0.39 is 10.0 Å². The van der Waals surface area contributed by atoms with Crippen LogP contribution in [0.5, 0.6) is 0 Å². The predicted molar refractivity (Wildman–Crippen MR) is 73.3 cm³/mol. The zero-order valence-electron chi connectivity index (χ0n) is 9.70. The third kappa shape index (κ3) is 2.96. The first kappa shape index (κ1) is 12.8. The Morgan fingerprint density at radius 1 is 1.17 bits per heavy atom. The summed E-state index contributed by atoms with van der Waals surface area (Å²) < 4.78 is 23.8. The molecule has 2 aromatic rings. The smallest absolute Gasteiger partial charge is 0.200 e. The number of nitrogens with zero attached hydrogens (tertiary/aromatic N) is 1. The number of nitrogens with one attached hydrogen (secondary N) is 1. The van der Waals surface area contributed by atoms with Crippen LogP contribution in [0.3, 0.4) is 0 Å². The minimum Gasteiger partial charge on any atom is -0.200 e. The van der Waals surface area contributed by atoms with Crippen LogP contribution in [-0.2, 0) is 10.0 Å². The molecule has 1 aromatic carbocycles. The first-order valence-electron chi connectivity index (χ1n) is 5.24. The van der Waals surface area contributed by atoms with E-state index in [2.05, 4.69) is 9.93 Å². The average Bonchev–Trinajstić information content (AvgIpc) is 2.91. The number of benzene rings is 1. The molecule has 0 atom stereocenters. The van der Waals surface area contributed by atoms with E-state index in [1.165, 1.54) is 23.5 Å². The highest BCUT2D eigenvalue weighted by atomic mass is 32.2. The van der Waals surface area contributed by atoms with Gasteiger partial charge < -0.3 is 0 Å². The fourth-order valence-electron chi connectivity index (χ4n) is 1.32. The summed E-state index contributed by atoms with van der Waals surface area (Å²) in [7, 11) is -3.58. The molecule has 0 amide bonds. The van der Waals surface area contributed by atoms with Gasteiger partial charge in [0.05, 0.1) is 15.5 Å². The highest BCUT2D eigenvalue weighted by Gasteiger charge is 2.11. The van der Waals surface area contributed by atoms with Gasteiger partial charge in [-0.05, 0) is 30.5 Å². The van der Waals surface area contributed by atoms with Gasteiger partial charge in [0.2, 0.25) is 0 Å². The second-order valence-corrected chi connectivity index (χ2v) is 6.19. The first-order chi connectivity index (χ1) is 8.59. The Morgan fingerprint density at radius 3 is 2.50 bits per heavy atom. The van der Waals surface area contributed by atoms with Crippen LogP contribution in [0, 0.1) is 0 Å². The summed E-state index contributed by atoms with van der Waals surface area (Å²) in [6.07, 6.45) is 0. The zero-order valence-corrected chi connectivity index (χ0v) is 11.3. The van der Waals surface area contributed by atoms with Crippen molar-refractivity contribution in [3.8, 4) is 0 Å². The van der Waals surface area contributed by atoms with Gasteiger partial charge in [-0.15, -0.1) is 11.3 Å². The molecule has 0 radical (unpaired) electrons. The molecule has 94 valence electrons. The van der Waals surface area contributed by atoms with Gasteiger partial charge in [-0.1, -0.05) is 24.3 Å². The topological polar surface area (TPSA) is 58.5 Å². The predicted octanol–water partition coefficient (Wildman–Crippen LogP) is 2.45. The van der Waals surface area contributed by atoms with Crippen molar-refractivity contribution in [2.75, 3.05) is 0 Å². The lowest BCUT2D eigenvalue weighted by Gasteiger charge is -2.03. The summed E-state index contributed by atoms with van der Waals surface area (Å²) in [6, 6.07) is 11.9. The van der Waals surface area contributed by atoms with Crippen molar-refractivity contribution in [2.24, 2.45) is 5.10 Å². The molecule has 0 aliphatic rings. The summed E-state index contributed by atoms with van der Waals surface area (Å²) in [5, 5.41) is 5.82. The van der Waals surface area contributed by atoms with Gasteiger partial charge in [-0.3, -0.25) is 0 Å². The zero-order chi connectivity index (χ0) is 13.0. The maximum Gasteiger partial charge on any atom is 0.276 e. The standard InChI is InChI=1S/C12H12N2O2S2/c1-10(12-8-5-9-17-12)13-14-18(15,16)11-6-3-2-4-7-11/h2-9,14H,1H3. The van der Waals surface area contributed by atoms with E-state index >= 15 is 0 Å². The molecule has 6 heteroatoms. The van der Waals surface area contributed by atoms with Crippen LogP contribution in [0.4, 0.5) is 0 Å². The fraction of sp³-hybridized carbons (Fsp3) is 0.0833. The van der Waals surface area contributed by atoms with Crippen LogP contribution in [0.2, 0.25) is 0 Å². The van der Waals surface area contributed by atoms with E-state index in [4.69, 9.17) is 0 Å². The normalized spacial score (nSPS) is 12.4. The van der Waals surface area contributed by atoms with Crippen molar-refractivity contribution >= 4 is 27.1 Å². The summed E-state index contributed by atoms with van der Waals surface area (Å²) in [6.45, 7) is 1.76. The van der Waals surface area contributed by atoms with Crippen LogP contribution in [0.1, 0.15) is 11.8 Å². The van der Waals surface area contributed by atoms with Crippen molar-refractivity contribution in [1.29, 1.82) is 0 Å². The van der Waals surface area contributed by atoms with Crippen molar-refractivity contribution in [3.63, 3.8) is 0 Å². The molecule has 2 rings (SSSR count). The number of rotatable bonds is 4. The highest BCUT2D eigenvalue weighted by Crippen LogP contribution is 2.11. The number of thiophene rings is 1. The summed E-state index contributed by atoms with van der Waals surface area (Å²) in [4.78, 5) is 3.37. The monoisotopic (exact) mass is 280 g/mol. The molecular weight excluding hydrogens is 268 g/mol. The molecule has 0 spiro atoms. The van der Waals surface area contributed by atoms with E-state index in [-0.39, 0.29) is 4.90 Å². The van der Waals surface area contributed by atoms with Gasteiger partial charge in [0.15, 0.2) is 0 Å². The molecule has 0 saturated carbocycles. The minimum atomic E-state index is -3.58. The van der Waals surface area contributed by atoms with Crippen LogP contribution >= 0.6 is 11.3 Å². The molecule has 0 unspecified atom stereocenters. The lowest BCUT2D eigenvalue weighted by Crippen LogP contribution is -2.19. The van der Waals surface area contributed by atoms with Gasteiger partial charge in [0, 0.05) is 0 Å². The lowest BCUT2D eigenvalue weighted by molar-refractivity contribution is 0.584. The molecule has 1 N–H and O–H groups in total. The molecule has 0 fully saturated rings.